The van der Waals surface area contributed by atoms with E-state index in [2.05, 4.69) is 0 Å². The number of hydrogen-bond acceptors (Lipinski definition) is 9. The van der Waals surface area contributed by atoms with Gasteiger partial charge >= 0.3 is 11.9 Å². The fourth-order valence-corrected chi connectivity index (χ4v) is 7.86. The molecule has 0 N–H and O–H groups in total. The molecular formula is C24H26N2O5S2. The van der Waals surface area contributed by atoms with Crippen molar-refractivity contribution in [2.45, 2.75) is 34.9 Å². The van der Waals surface area contributed by atoms with Gasteiger partial charge in [-0.2, -0.15) is 0 Å². The van der Waals surface area contributed by atoms with Gasteiger partial charge in [0.2, 0.25) is 0 Å². The predicted octanol–water partition coefficient (Wildman–Crippen LogP) is 3.96. The van der Waals surface area contributed by atoms with Crippen molar-refractivity contribution in [2.24, 2.45) is 4.99 Å². The van der Waals surface area contributed by atoms with Crippen LogP contribution in [0.15, 0.2) is 59.6 Å². The predicted molar refractivity (Wildman–Crippen MR) is 132 cm³/mol. The summed E-state index contributed by atoms with van der Waals surface area (Å²) < 4.78 is 14.9. The number of carbonyl (C=O) groups is 2. The van der Waals surface area contributed by atoms with E-state index in [9.17, 15) is 9.59 Å². The van der Waals surface area contributed by atoms with Crippen LogP contribution in [0.25, 0.3) is 0 Å². The smallest absolute Gasteiger partial charge is 0.339 e. The zero-order valence-electron chi connectivity index (χ0n) is 19.1. The molecule has 0 saturated carbocycles. The molecule has 1 fully saturated rings. The summed E-state index contributed by atoms with van der Waals surface area (Å²) in [4.78, 5) is 33.1. The third-order valence-corrected chi connectivity index (χ3v) is 9.68. The van der Waals surface area contributed by atoms with Gasteiger partial charge in [-0.1, -0.05) is 42.1 Å². The van der Waals surface area contributed by atoms with Gasteiger partial charge in [0.05, 0.1) is 31.9 Å². The lowest BCUT2D eigenvalue weighted by Crippen LogP contribution is -2.56. The third-order valence-electron chi connectivity index (χ3n) is 5.88. The maximum absolute atomic E-state index is 13.4. The summed E-state index contributed by atoms with van der Waals surface area (Å²) in [7, 11) is 4.31. The number of rotatable bonds is 5. The van der Waals surface area contributed by atoms with Crippen molar-refractivity contribution in [1.82, 2.24) is 0 Å². The summed E-state index contributed by atoms with van der Waals surface area (Å²) in [5.41, 5.74) is 0.963. The Morgan fingerprint density at radius 2 is 1.58 bits per heavy atom. The van der Waals surface area contributed by atoms with Gasteiger partial charge < -0.3 is 19.1 Å². The fourth-order valence-electron chi connectivity index (χ4n) is 4.17. The molecule has 33 heavy (non-hydrogen) atoms. The Balaban J connectivity index is 1.85. The normalized spacial score (nSPS) is 25.6. The Hall–Kier alpha value is -2.65. The molecule has 7 nitrogen and oxygen atoms in total. The maximum atomic E-state index is 13.4. The molecule has 2 aromatic rings. The molecule has 0 unspecified atom stereocenters. The van der Waals surface area contributed by atoms with Crippen molar-refractivity contribution >= 4 is 46.2 Å². The molecule has 0 radical (unpaired) electrons. The number of hydrogen-bond donors (Lipinski definition) is 0. The van der Waals surface area contributed by atoms with E-state index >= 15 is 0 Å². The first-order chi connectivity index (χ1) is 15.8. The summed E-state index contributed by atoms with van der Waals surface area (Å²) in [6, 6.07) is 16.3. The molecule has 3 atom stereocenters. The average Bonchev–Trinajstić information content (AvgIpc) is 3.33. The zero-order valence-corrected chi connectivity index (χ0v) is 20.7. The number of esters is 2. The van der Waals surface area contributed by atoms with Gasteiger partial charge in [-0.05, 0) is 38.1 Å². The van der Waals surface area contributed by atoms with Gasteiger partial charge in [0.15, 0.2) is 11.4 Å². The van der Waals surface area contributed by atoms with Crippen LogP contribution in [0.2, 0.25) is 0 Å². The van der Waals surface area contributed by atoms with E-state index in [-0.39, 0.29) is 0 Å². The summed E-state index contributed by atoms with van der Waals surface area (Å²) >= 11 is 2.90. The van der Waals surface area contributed by atoms with Crippen molar-refractivity contribution < 1.29 is 23.8 Å². The Labute approximate surface area is 201 Å². The number of thioether (sulfide) groups is 2. The van der Waals surface area contributed by atoms with Crippen molar-refractivity contribution in [1.29, 1.82) is 0 Å². The quantitative estimate of drug-likeness (QED) is 0.588. The van der Waals surface area contributed by atoms with Gasteiger partial charge in [-0.25, -0.2) is 9.59 Å². The maximum Gasteiger partial charge on any atom is 0.339 e. The highest BCUT2D eigenvalue weighted by Gasteiger charge is 2.68. The van der Waals surface area contributed by atoms with E-state index in [1.807, 2.05) is 56.3 Å². The summed E-state index contributed by atoms with van der Waals surface area (Å²) in [5, 5.41) is 0.0618. The summed E-state index contributed by atoms with van der Waals surface area (Å²) in [6.45, 7) is 3.98. The largest absolute Gasteiger partial charge is 0.497 e. The summed E-state index contributed by atoms with van der Waals surface area (Å²) in [5.74, 6) is -0.198. The molecule has 9 heteroatoms. The molecule has 0 amide bonds. The Morgan fingerprint density at radius 3 is 2.15 bits per heavy atom. The Kier molecular flexibility index (Phi) is 6.37. The molecular weight excluding hydrogens is 460 g/mol. The van der Waals surface area contributed by atoms with Crippen LogP contribution in [-0.4, -0.2) is 59.3 Å². The molecule has 2 aliphatic rings. The molecule has 0 aromatic heterocycles. The number of aliphatic imine (C=N–C) groups is 1. The van der Waals surface area contributed by atoms with Crippen LogP contribution in [0.1, 0.15) is 19.4 Å². The molecule has 4 rings (SSSR count). The molecule has 0 bridgehead atoms. The van der Waals surface area contributed by atoms with Gasteiger partial charge in [-0.3, -0.25) is 4.99 Å². The van der Waals surface area contributed by atoms with Crippen LogP contribution in [0.4, 0.5) is 5.69 Å². The Morgan fingerprint density at radius 1 is 0.939 bits per heavy atom. The van der Waals surface area contributed by atoms with Crippen LogP contribution in [0, 0.1) is 0 Å². The van der Waals surface area contributed by atoms with Gasteiger partial charge in [0.1, 0.15) is 9.83 Å². The van der Waals surface area contributed by atoms with Crippen molar-refractivity contribution in [3.63, 3.8) is 0 Å². The van der Waals surface area contributed by atoms with E-state index in [0.717, 1.165) is 10.6 Å². The van der Waals surface area contributed by atoms with Crippen molar-refractivity contribution in [2.75, 3.05) is 26.2 Å². The highest BCUT2D eigenvalue weighted by molar-refractivity contribution is 8.27. The number of methoxy groups -OCH3 is 3. The standard InChI is InChI=1S/C24H26N2O5S2/c1-23(2)24(32-19(25-23)15-9-7-6-8-10-15)18(21(27)30-4)26(20(33-24)22(28)31-5)16-11-13-17(29-3)14-12-16/h6-14,18,20H,1-5H3/t18-,20+,24+/m1/s1. The fraction of sp³-hybridized carbons (Fsp3) is 0.375. The first kappa shape index (κ1) is 23.5. The van der Waals surface area contributed by atoms with Crippen molar-refractivity contribution in [3.8, 4) is 5.75 Å². The lowest BCUT2D eigenvalue weighted by Gasteiger charge is -2.39. The number of ether oxygens (including phenoxy) is 3. The number of carbonyl (C=O) groups excluding carboxylic acids is 2. The molecule has 174 valence electrons. The van der Waals surface area contributed by atoms with Gasteiger partial charge in [0.25, 0.3) is 0 Å². The molecule has 1 spiro atoms. The SMILES string of the molecule is COC(=O)[C@@H]1S[C@@]2(SC(c3ccccc3)=NC2(C)C)[C@@H](C(=O)OC)N1c1ccc(OC)cc1. The highest BCUT2D eigenvalue weighted by atomic mass is 32.2. The van der Waals surface area contributed by atoms with E-state index in [4.69, 9.17) is 19.2 Å². The second-order valence-electron chi connectivity index (χ2n) is 8.14. The minimum absolute atomic E-state index is 0.435. The number of benzene rings is 2. The van der Waals surface area contributed by atoms with Crippen LogP contribution >= 0.6 is 23.5 Å². The summed E-state index contributed by atoms with van der Waals surface area (Å²) in [6.07, 6.45) is 0. The highest BCUT2D eigenvalue weighted by Crippen LogP contribution is 2.63. The molecule has 2 aromatic carbocycles. The lowest BCUT2D eigenvalue weighted by atomic mass is 9.93. The monoisotopic (exact) mass is 486 g/mol. The number of nitrogens with zero attached hydrogens (tertiary/aromatic N) is 2. The molecule has 1 saturated heterocycles. The van der Waals surface area contributed by atoms with Crippen LogP contribution in [0.3, 0.4) is 0 Å². The van der Waals surface area contributed by atoms with Crippen LogP contribution in [-0.2, 0) is 19.1 Å². The first-order valence-electron chi connectivity index (χ1n) is 10.4. The molecule has 2 heterocycles. The topological polar surface area (TPSA) is 77.4 Å². The Bertz CT molecular complexity index is 1070. The van der Waals surface area contributed by atoms with E-state index < -0.39 is 33.0 Å². The van der Waals surface area contributed by atoms with E-state index in [1.165, 1.54) is 37.7 Å². The van der Waals surface area contributed by atoms with E-state index in [0.29, 0.717) is 11.4 Å². The molecule has 2 aliphatic heterocycles. The molecule has 0 aliphatic carbocycles. The van der Waals surface area contributed by atoms with Gasteiger partial charge in [0, 0.05) is 11.3 Å². The average molecular weight is 487 g/mol. The minimum atomic E-state index is -0.829. The second kappa shape index (κ2) is 8.95. The lowest BCUT2D eigenvalue weighted by molar-refractivity contribution is -0.143. The van der Waals surface area contributed by atoms with E-state index in [1.54, 1.807) is 24.1 Å². The minimum Gasteiger partial charge on any atom is -0.497 e. The zero-order chi connectivity index (χ0) is 23.8. The van der Waals surface area contributed by atoms with Crippen LogP contribution in [0.5, 0.6) is 5.75 Å². The van der Waals surface area contributed by atoms with Crippen LogP contribution < -0.4 is 9.64 Å². The third kappa shape index (κ3) is 3.87. The second-order valence-corrected chi connectivity index (χ2v) is 11.0. The first-order valence-corrected chi connectivity index (χ1v) is 12.1. The van der Waals surface area contributed by atoms with Crippen molar-refractivity contribution in [3.05, 3.63) is 60.2 Å². The van der Waals surface area contributed by atoms with Gasteiger partial charge in [-0.15, -0.1) is 11.8 Å². The number of anilines is 1.